The van der Waals surface area contributed by atoms with Crippen molar-refractivity contribution in [2.24, 2.45) is 5.73 Å². The number of rotatable bonds is 4. The van der Waals surface area contributed by atoms with Crippen molar-refractivity contribution in [2.75, 3.05) is 0 Å². The summed E-state index contributed by atoms with van der Waals surface area (Å²) < 4.78 is 13.3. The average molecular weight is 195 g/mol. The molecule has 0 spiro atoms. The van der Waals surface area contributed by atoms with Crippen LogP contribution in [-0.4, -0.2) is 5.54 Å². The summed E-state index contributed by atoms with van der Waals surface area (Å²) in [5, 5.41) is 0. The third kappa shape index (κ3) is 2.55. The van der Waals surface area contributed by atoms with Gasteiger partial charge in [-0.15, -0.1) is 0 Å². The molecule has 14 heavy (non-hydrogen) atoms. The van der Waals surface area contributed by atoms with Crippen molar-refractivity contribution in [1.82, 2.24) is 0 Å². The smallest absolute Gasteiger partial charge is 0.126 e. The molecule has 0 heterocycles. The van der Waals surface area contributed by atoms with Crippen LogP contribution in [0.25, 0.3) is 0 Å². The molecule has 0 saturated heterocycles. The highest BCUT2D eigenvalue weighted by Crippen LogP contribution is 2.19. The molecule has 2 N–H and O–H groups in total. The quantitative estimate of drug-likeness (QED) is 0.785. The molecule has 0 aliphatic carbocycles. The Morgan fingerprint density at radius 3 is 2.29 bits per heavy atom. The SMILES string of the molecule is CCC(N)(CC)Cc1ccccc1F. The van der Waals surface area contributed by atoms with E-state index >= 15 is 0 Å². The maximum atomic E-state index is 13.3. The summed E-state index contributed by atoms with van der Waals surface area (Å²) in [6, 6.07) is 6.85. The summed E-state index contributed by atoms with van der Waals surface area (Å²) in [6.45, 7) is 4.09. The maximum Gasteiger partial charge on any atom is 0.126 e. The highest BCUT2D eigenvalue weighted by molar-refractivity contribution is 5.19. The topological polar surface area (TPSA) is 26.0 Å². The maximum absolute atomic E-state index is 13.3. The molecule has 0 aliphatic heterocycles. The molecule has 0 aromatic heterocycles. The van der Waals surface area contributed by atoms with Crippen LogP contribution in [0, 0.1) is 5.82 Å². The first-order valence-corrected chi connectivity index (χ1v) is 5.13. The number of nitrogens with two attached hydrogens (primary N) is 1. The number of hydrogen-bond donors (Lipinski definition) is 1. The predicted molar refractivity (Wildman–Crippen MR) is 57.6 cm³/mol. The minimum atomic E-state index is -0.262. The summed E-state index contributed by atoms with van der Waals surface area (Å²) in [6.07, 6.45) is 2.36. The Hall–Kier alpha value is -0.890. The van der Waals surface area contributed by atoms with Crippen molar-refractivity contribution in [1.29, 1.82) is 0 Å². The van der Waals surface area contributed by atoms with Gasteiger partial charge >= 0.3 is 0 Å². The highest BCUT2D eigenvalue weighted by atomic mass is 19.1. The van der Waals surface area contributed by atoms with Gasteiger partial charge in [0.05, 0.1) is 0 Å². The Balaban J connectivity index is 2.82. The average Bonchev–Trinajstić information content (AvgIpc) is 2.21. The van der Waals surface area contributed by atoms with E-state index in [1.807, 2.05) is 26.0 Å². The Bertz CT molecular complexity index is 292. The van der Waals surface area contributed by atoms with Crippen molar-refractivity contribution in [3.05, 3.63) is 35.6 Å². The van der Waals surface area contributed by atoms with Gasteiger partial charge in [0.1, 0.15) is 5.82 Å². The molecule has 0 unspecified atom stereocenters. The van der Waals surface area contributed by atoms with E-state index in [-0.39, 0.29) is 11.4 Å². The van der Waals surface area contributed by atoms with Crippen molar-refractivity contribution in [3.63, 3.8) is 0 Å². The lowest BCUT2D eigenvalue weighted by molar-refractivity contribution is 0.387. The normalized spacial score (nSPS) is 11.7. The summed E-state index contributed by atoms with van der Waals surface area (Å²) in [5.74, 6) is -0.149. The van der Waals surface area contributed by atoms with Crippen LogP contribution in [0.4, 0.5) is 4.39 Å². The fourth-order valence-electron chi connectivity index (χ4n) is 1.52. The molecule has 0 radical (unpaired) electrons. The predicted octanol–water partition coefficient (Wildman–Crippen LogP) is 2.89. The Kier molecular flexibility index (Phi) is 3.64. The summed E-state index contributed by atoms with van der Waals surface area (Å²) in [5.41, 5.74) is 6.59. The van der Waals surface area contributed by atoms with Crippen LogP contribution in [0.3, 0.4) is 0 Å². The number of halogens is 1. The van der Waals surface area contributed by atoms with Gasteiger partial charge in [-0.2, -0.15) is 0 Å². The van der Waals surface area contributed by atoms with E-state index in [4.69, 9.17) is 5.73 Å². The van der Waals surface area contributed by atoms with E-state index in [2.05, 4.69) is 0 Å². The van der Waals surface area contributed by atoms with Crippen LogP contribution in [0.2, 0.25) is 0 Å². The second-order valence-electron chi connectivity index (χ2n) is 3.84. The molecule has 1 aromatic carbocycles. The molecule has 0 fully saturated rings. The first kappa shape index (κ1) is 11.2. The van der Waals surface area contributed by atoms with E-state index in [0.717, 1.165) is 18.4 Å². The van der Waals surface area contributed by atoms with Gasteiger partial charge < -0.3 is 5.73 Å². The van der Waals surface area contributed by atoms with Crippen LogP contribution >= 0.6 is 0 Å². The van der Waals surface area contributed by atoms with E-state index in [1.165, 1.54) is 6.07 Å². The van der Waals surface area contributed by atoms with E-state index in [9.17, 15) is 4.39 Å². The molecule has 0 amide bonds. The van der Waals surface area contributed by atoms with Crippen LogP contribution in [-0.2, 0) is 6.42 Å². The minimum absolute atomic E-state index is 0.149. The molecule has 2 heteroatoms. The lowest BCUT2D eigenvalue weighted by atomic mass is 9.87. The number of benzene rings is 1. The lowest BCUT2D eigenvalue weighted by Crippen LogP contribution is -2.40. The van der Waals surface area contributed by atoms with Gasteiger partial charge in [0, 0.05) is 5.54 Å². The molecule has 0 bridgehead atoms. The standard InChI is InChI=1S/C12H18FN/c1-3-12(14,4-2)9-10-7-5-6-8-11(10)13/h5-8H,3-4,9,14H2,1-2H3. The van der Waals surface area contributed by atoms with Crippen molar-refractivity contribution in [2.45, 2.75) is 38.6 Å². The molecule has 1 aromatic rings. The largest absolute Gasteiger partial charge is 0.325 e. The summed E-state index contributed by atoms with van der Waals surface area (Å²) in [4.78, 5) is 0. The minimum Gasteiger partial charge on any atom is -0.325 e. The van der Waals surface area contributed by atoms with Crippen molar-refractivity contribution in [3.8, 4) is 0 Å². The zero-order chi connectivity index (χ0) is 10.6. The zero-order valence-corrected chi connectivity index (χ0v) is 8.89. The first-order valence-electron chi connectivity index (χ1n) is 5.13. The molecule has 1 nitrogen and oxygen atoms in total. The van der Waals surface area contributed by atoms with Gasteiger partial charge in [-0.05, 0) is 30.9 Å². The second-order valence-corrected chi connectivity index (χ2v) is 3.84. The van der Waals surface area contributed by atoms with Gasteiger partial charge in [0.25, 0.3) is 0 Å². The summed E-state index contributed by atoms with van der Waals surface area (Å²) in [7, 11) is 0. The van der Waals surface area contributed by atoms with Crippen LogP contribution in [0.15, 0.2) is 24.3 Å². The fraction of sp³-hybridized carbons (Fsp3) is 0.500. The van der Waals surface area contributed by atoms with Gasteiger partial charge in [0.2, 0.25) is 0 Å². The Labute approximate surface area is 85.1 Å². The molecular formula is C12H18FN. The Morgan fingerprint density at radius 1 is 1.21 bits per heavy atom. The van der Waals surface area contributed by atoms with Crippen LogP contribution < -0.4 is 5.73 Å². The van der Waals surface area contributed by atoms with Gasteiger partial charge in [0.15, 0.2) is 0 Å². The summed E-state index contributed by atoms with van der Waals surface area (Å²) >= 11 is 0. The second kappa shape index (κ2) is 4.56. The van der Waals surface area contributed by atoms with Gasteiger partial charge in [-0.25, -0.2) is 4.39 Å². The van der Waals surface area contributed by atoms with Crippen molar-refractivity contribution >= 4 is 0 Å². The molecule has 0 atom stereocenters. The molecular weight excluding hydrogens is 177 g/mol. The van der Waals surface area contributed by atoms with E-state index in [0.29, 0.717) is 6.42 Å². The van der Waals surface area contributed by atoms with Crippen LogP contribution in [0.1, 0.15) is 32.3 Å². The number of hydrogen-bond acceptors (Lipinski definition) is 1. The third-order valence-electron chi connectivity index (χ3n) is 2.91. The molecule has 1 rings (SSSR count). The zero-order valence-electron chi connectivity index (χ0n) is 8.89. The molecule has 0 aliphatic rings. The highest BCUT2D eigenvalue weighted by Gasteiger charge is 2.21. The Morgan fingerprint density at radius 2 is 1.79 bits per heavy atom. The van der Waals surface area contributed by atoms with Crippen molar-refractivity contribution < 1.29 is 4.39 Å². The van der Waals surface area contributed by atoms with Gasteiger partial charge in [-0.3, -0.25) is 0 Å². The van der Waals surface area contributed by atoms with Gasteiger partial charge in [-0.1, -0.05) is 32.0 Å². The third-order valence-corrected chi connectivity index (χ3v) is 2.91. The van der Waals surface area contributed by atoms with Crippen LogP contribution in [0.5, 0.6) is 0 Å². The fourth-order valence-corrected chi connectivity index (χ4v) is 1.52. The van der Waals surface area contributed by atoms with E-state index < -0.39 is 0 Å². The first-order chi connectivity index (χ1) is 6.61. The monoisotopic (exact) mass is 195 g/mol. The molecule has 0 saturated carbocycles. The lowest BCUT2D eigenvalue weighted by Gasteiger charge is -2.26. The van der Waals surface area contributed by atoms with E-state index in [1.54, 1.807) is 6.07 Å². The molecule has 78 valence electrons.